The lowest BCUT2D eigenvalue weighted by atomic mass is 9.88. The number of pyridine rings is 1. The van der Waals surface area contributed by atoms with Crippen LogP contribution in [0.15, 0.2) is 35.7 Å². The first-order valence-electron chi connectivity index (χ1n) is 7.51. The Morgan fingerprint density at radius 2 is 2.25 bits per heavy atom. The summed E-state index contributed by atoms with van der Waals surface area (Å²) in [5.41, 5.74) is 1.15. The minimum atomic E-state index is 0.473. The number of ether oxygens (including phenoxy) is 1. The lowest BCUT2D eigenvalue weighted by Crippen LogP contribution is -2.26. The molecule has 0 aromatic carbocycles. The average molecular weight is 290 g/mol. The molecule has 2 aromatic rings. The van der Waals surface area contributed by atoms with E-state index in [-0.39, 0.29) is 0 Å². The van der Waals surface area contributed by atoms with Crippen molar-refractivity contribution in [2.75, 3.05) is 12.4 Å². The van der Waals surface area contributed by atoms with Crippen LogP contribution in [0, 0.1) is 5.92 Å². The minimum Gasteiger partial charge on any atom is -0.377 e. The lowest BCUT2D eigenvalue weighted by Gasteiger charge is -2.28. The van der Waals surface area contributed by atoms with E-state index in [1.165, 1.54) is 25.7 Å². The molecule has 108 valence electrons. The molecule has 0 N–H and O–H groups in total. The average Bonchev–Trinajstić information content (AvgIpc) is 2.89. The van der Waals surface area contributed by atoms with Crippen molar-refractivity contribution in [3.63, 3.8) is 0 Å². The molecule has 0 amide bonds. The second kappa shape index (κ2) is 6.64. The molecule has 2 heterocycles. The van der Waals surface area contributed by atoms with Gasteiger partial charge in [-0.3, -0.25) is 4.40 Å². The molecule has 2 atom stereocenters. The van der Waals surface area contributed by atoms with Crippen LogP contribution in [0.5, 0.6) is 0 Å². The molecule has 1 aliphatic rings. The zero-order valence-corrected chi connectivity index (χ0v) is 12.8. The smallest absolute Gasteiger partial charge is 0.172 e. The van der Waals surface area contributed by atoms with E-state index < -0.39 is 0 Å². The molecular weight excluding hydrogens is 268 g/mol. The SMILES string of the molecule is C[C@@H]1CCCC[C@H]1OCCSc1ncc2ccccn12. The molecule has 1 saturated carbocycles. The molecule has 1 aliphatic carbocycles. The third-order valence-corrected chi connectivity index (χ3v) is 5.02. The molecule has 0 saturated heterocycles. The van der Waals surface area contributed by atoms with Gasteiger partial charge in [0.2, 0.25) is 0 Å². The van der Waals surface area contributed by atoms with Gasteiger partial charge in [0.25, 0.3) is 0 Å². The van der Waals surface area contributed by atoms with Crippen molar-refractivity contribution in [3.05, 3.63) is 30.6 Å². The van der Waals surface area contributed by atoms with Crippen LogP contribution in [0.1, 0.15) is 32.6 Å². The van der Waals surface area contributed by atoms with Gasteiger partial charge in [-0.2, -0.15) is 0 Å². The highest BCUT2D eigenvalue weighted by Gasteiger charge is 2.21. The maximum atomic E-state index is 6.05. The Bertz CT molecular complexity index is 554. The Hall–Kier alpha value is -1.00. The van der Waals surface area contributed by atoms with Crippen molar-refractivity contribution in [1.29, 1.82) is 0 Å². The molecule has 1 fully saturated rings. The summed E-state index contributed by atoms with van der Waals surface area (Å²) in [5.74, 6) is 1.69. The van der Waals surface area contributed by atoms with Crippen LogP contribution in [-0.4, -0.2) is 27.8 Å². The minimum absolute atomic E-state index is 0.473. The quantitative estimate of drug-likeness (QED) is 0.614. The number of nitrogens with zero attached hydrogens (tertiary/aromatic N) is 2. The first-order chi connectivity index (χ1) is 9.84. The zero-order valence-electron chi connectivity index (χ0n) is 12.0. The molecule has 3 rings (SSSR count). The molecule has 4 heteroatoms. The Morgan fingerprint density at radius 1 is 1.35 bits per heavy atom. The molecule has 20 heavy (non-hydrogen) atoms. The van der Waals surface area contributed by atoms with Gasteiger partial charge >= 0.3 is 0 Å². The summed E-state index contributed by atoms with van der Waals surface area (Å²) < 4.78 is 8.18. The van der Waals surface area contributed by atoms with Crippen LogP contribution in [0.2, 0.25) is 0 Å². The summed E-state index contributed by atoms with van der Waals surface area (Å²) in [6.07, 6.45) is 9.71. The maximum Gasteiger partial charge on any atom is 0.172 e. The van der Waals surface area contributed by atoms with Crippen molar-refractivity contribution >= 4 is 17.3 Å². The van der Waals surface area contributed by atoms with Crippen LogP contribution in [0.25, 0.3) is 5.52 Å². The van der Waals surface area contributed by atoms with Crippen LogP contribution in [-0.2, 0) is 4.74 Å². The first-order valence-corrected chi connectivity index (χ1v) is 8.49. The molecule has 0 bridgehead atoms. The molecule has 0 unspecified atom stereocenters. The van der Waals surface area contributed by atoms with E-state index in [4.69, 9.17) is 4.74 Å². The highest BCUT2D eigenvalue weighted by Crippen LogP contribution is 2.26. The van der Waals surface area contributed by atoms with Crippen LogP contribution >= 0.6 is 11.8 Å². The van der Waals surface area contributed by atoms with E-state index in [0.717, 1.165) is 29.0 Å². The van der Waals surface area contributed by atoms with Crippen molar-refractivity contribution in [2.24, 2.45) is 5.92 Å². The number of rotatable bonds is 5. The Labute approximate surface area is 124 Å². The van der Waals surface area contributed by atoms with Gasteiger partial charge in [-0.05, 0) is 30.9 Å². The van der Waals surface area contributed by atoms with E-state index in [0.29, 0.717) is 6.10 Å². The van der Waals surface area contributed by atoms with Gasteiger partial charge in [0, 0.05) is 11.9 Å². The number of imidazole rings is 1. The van der Waals surface area contributed by atoms with Crippen LogP contribution < -0.4 is 0 Å². The van der Waals surface area contributed by atoms with E-state index in [9.17, 15) is 0 Å². The van der Waals surface area contributed by atoms with Crippen molar-refractivity contribution in [3.8, 4) is 0 Å². The standard InChI is InChI=1S/C16H22N2OS/c1-13-6-2-3-8-15(13)19-10-11-20-16-17-12-14-7-4-5-9-18(14)16/h4-5,7,9,12-13,15H,2-3,6,8,10-11H2,1H3/t13-,15-/m1/s1. The number of hydrogen-bond donors (Lipinski definition) is 0. The lowest BCUT2D eigenvalue weighted by molar-refractivity contribution is 0.00345. The molecule has 0 aliphatic heterocycles. The van der Waals surface area contributed by atoms with E-state index in [1.54, 1.807) is 11.8 Å². The van der Waals surface area contributed by atoms with E-state index >= 15 is 0 Å². The fourth-order valence-corrected chi connectivity index (χ4v) is 3.68. The van der Waals surface area contributed by atoms with Gasteiger partial charge in [-0.25, -0.2) is 4.98 Å². The fraction of sp³-hybridized carbons (Fsp3) is 0.562. The Morgan fingerprint density at radius 3 is 3.15 bits per heavy atom. The largest absolute Gasteiger partial charge is 0.377 e. The molecule has 0 radical (unpaired) electrons. The van der Waals surface area contributed by atoms with Crippen molar-refractivity contribution < 1.29 is 4.74 Å². The number of aromatic nitrogens is 2. The van der Waals surface area contributed by atoms with Gasteiger partial charge < -0.3 is 4.74 Å². The summed E-state index contributed by atoms with van der Waals surface area (Å²) >= 11 is 1.77. The molecule has 3 nitrogen and oxygen atoms in total. The first kappa shape index (κ1) is 14.0. The highest BCUT2D eigenvalue weighted by atomic mass is 32.2. The van der Waals surface area contributed by atoms with Crippen molar-refractivity contribution in [2.45, 2.75) is 43.9 Å². The molecular formula is C16H22N2OS. The zero-order chi connectivity index (χ0) is 13.8. The summed E-state index contributed by atoms with van der Waals surface area (Å²) in [6.45, 7) is 3.14. The fourth-order valence-electron chi connectivity index (χ4n) is 2.89. The predicted octanol–water partition coefficient (Wildman–Crippen LogP) is 4.02. The predicted molar refractivity (Wildman–Crippen MR) is 83.3 cm³/mol. The molecule has 2 aromatic heterocycles. The Kier molecular flexibility index (Phi) is 4.63. The monoisotopic (exact) mass is 290 g/mol. The Balaban J connectivity index is 1.48. The normalized spacial score (nSPS) is 23.2. The van der Waals surface area contributed by atoms with E-state index in [2.05, 4.69) is 28.6 Å². The van der Waals surface area contributed by atoms with Gasteiger partial charge in [0.1, 0.15) is 0 Å². The number of thioether (sulfide) groups is 1. The third kappa shape index (κ3) is 3.18. The van der Waals surface area contributed by atoms with Gasteiger partial charge in [0.15, 0.2) is 5.16 Å². The summed E-state index contributed by atoms with van der Waals surface area (Å²) in [6, 6.07) is 6.16. The maximum absolute atomic E-state index is 6.05. The topological polar surface area (TPSA) is 26.5 Å². The third-order valence-electron chi connectivity index (χ3n) is 4.08. The molecule has 0 spiro atoms. The summed E-state index contributed by atoms with van der Waals surface area (Å²) in [4.78, 5) is 4.46. The highest BCUT2D eigenvalue weighted by molar-refractivity contribution is 7.99. The summed E-state index contributed by atoms with van der Waals surface area (Å²) in [5, 5.41) is 1.06. The van der Waals surface area contributed by atoms with Gasteiger partial charge in [-0.15, -0.1) is 0 Å². The summed E-state index contributed by atoms with van der Waals surface area (Å²) in [7, 11) is 0. The van der Waals surface area contributed by atoms with Gasteiger partial charge in [0.05, 0.1) is 24.4 Å². The van der Waals surface area contributed by atoms with Crippen LogP contribution in [0.3, 0.4) is 0 Å². The number of hydrogen-bond acceptors (Lipinski definition) is 3. The second-order valence-corrected chi connectivity index (χ2v) is 6.62. The number of fused-ring (bicyclic) bond motifs is 1. The van der Waals surface area contributed by atoms with Crippen molar-refractivity contribution in [1.82, 2.24) is 9.38 Å². The van der Waals surface area contributed by atoms with Gasteiger partial charge in [-0.1, -0.05) is 37.6 Å². The second-order valence-electron chi connectivity index (χ2n) is 5.56. The van der Waals surface area contributed by atoms with E-state index in [1.807, 2.05) is 18.3 Å². The van der Waals surface area contributed by atoms with Crippen LogP contribution in [0.4, 0.5) is 0 Å².